The number of carbonyl (C=O) groups is 1. The summed E-state index contributed by atoms with van der Waals surface area (Å²) in [6.45, 7) is 3.71. The molecule has 0 atom stereocenters. The van der Waals surface area contributed by atoms with Crippen LogP contribution in [0.15, 0.2) is 36.7 Å². The zero-order valence-corrected chi connectivity index (χ0v) is 17.5. The second kappa shape index (κ2) is 8.02. The van der Waals surface area contributed by atoms with E-state index in [9.17, 15) is 9.90 Å². The molecule has 0 radical (unpaired) electrons. The van der Waals surface area contributed by atoms with E-state index in [-0.39, 0.29) is 17.9 Å². The Kier molecular flexibility index (Phi) is 5.42. The molecule has 0 aliphatic heterocycles. The summed E-state index contributed by atoms with van der Waals surface area (Å²) in [7, 11) is 1.57. The van der Waals surface area contributed by atoms with Crippen LogP contribution in [-0.4, -0.2) is 49.5 Å². The molecule has 1 saturated carbocycles. The number of hydrogen-bond acceptors (Lipinski definition) is 6. The van der Waals surface area contributed by atoms with Crippen LogP contribution in [0.5, 0.6) is 5.88 Å². The first-order valence-electron chi connectivity index (χ1n) is 10.2. The highest BCUT2D eigenvalue weighted by Gasteiger charge is 2.31. The summed E-state index contributed by atoms with van der Waals surface area (Å²) in [5.41, 5.74) is 0.569. The van der Waals surface area contributed by atoms with E-state index in [1.165, 1.54) is 12.4 Å². The molecule has 1 fully saturated rings. The molecule has 2 N–H and O–H groups in total. The van der Waals surface area contributed by atoms with Crippen molar-refractivity contribution in [2.45, 2.75) is 51.2 Å². The number of nitrogens with one attached hydrogen (secondary N) is 1. The first-order valence-corrected chi connectivity index (χ1v) is 10.2. The molecular weight excluding hydrogens is 382 g/mol. The highest BCUT2D eigenvalue weighted by atomic mass is 16.5. The molecule has 0 spiro atoms. The number of benzene rings is 1. The standard InChI is InChI=1S/C22H27N5O3/c1-22(2,29)15-8-10-16(11-9-15)25-19(28)14-12-23-21(24-13-14)27-18-7-5-4-6-17(18)20(26-27)30-3/h4-7,12-13,15-16,29H,8-11H2,1-3H3,(H,25,28). The van der Waals surface area contributed by atoms with E-state index in [1.54, 1.807) is 11.8 Å². The molecule has 1 amide bonds. The number of hydrogen-bond donors (Lipinski definition) is 2. The molecule has 2 heterocycles. The lowest BCUT2D eigenvalue weighted by Crippen LogP contribution is -2.41. The minimum Gasteiger partial charge on any atom is -0.479 e. The number of rotatable bonds is 5. The minimum atomic E-state index is -0.669. The maximum absolute atomic E-state index is 12.6. The zero-order valence-electron chi connectivity index (χ0n) is 17.5. The summed E-state index contributed by atoms with van der Waals surface area (Å²) in [5, 5.41) is 18.5. The Labute approximate surface area is 175 Å². The third-order valence-electron chi connectivity index (χ3n) is 5.90. The lowest BCUT2D eigenvalue weighted by atomic mass is 9.77. The summed E-state index contributed by atoms with van der Waals surface area (Å²) in [6.07, 6.45) is 6.55. The fourth-order valence-corrected chi connectivity index (χ4v) is 4.10. The first kappa shape index (κ1) is 20.3. The van der Waals surface area contributed by atoms with Gasteiger partial charge in [0.2, 0.25) is 5.88 Å². The van der Waals surface area contributed by atoms with Crippen molar-refractivity contribution >= 4 is 16.8 Å². The van der Waals surface area contributed by atoms with E-state index in [0.29, 0.717) is 17.4 Å². The second-order valence-corrected chi connectivity index (χ2v) is 8.39. The highest BCUT2D eigenvalue weighted by Crippen LogP contribution is 2.32. The van der Waals surface area contributed by atoms with E-state index in [2.05, 4.69) is 20.4 Å². The molecule has 4 rings (SSSR count). The van der Waals surface area contributed by atoms with Crippen molar-refractivity contribution in [3.63, 3.8) is 0 Å². The zero-order chi connectivity index (χ0) is 21.3. The molecule has 3 aromatic rings. The van der Waals surface area contributed by atoms with Crippen molar-refractivity contribution < 1.29 is 14.6 Å². The molecule has 1 aliphatic rings. The van der Waals surface area contributed by atoms with Crippen molar-refractivity contribution in [3.8, 4) is 11.8 Å². The predicted octanol–water partition coefficient (Wildman–Crippen LogP) is 2.88. The van der Waals surface area contributed by atoms with E-state index >= 15 is 0 Å². The van der Waals surface area contributed by atoms with Crippen LogP contribution < -0.4 is 10.1 Å². The van der Waals surface area contributed by atoms with Crippen molar-refractivity contribution in [2.24, 2.45) is 5.92 Å². The van der Waals surface area contributed by atoms with Crippen LogP contribution in [0.1, 0.15) is 49.9 Å². The Morgan fingerprint density at radius 1 is 1.17 bits per heavy atom. The number of amides is 1. The summed E-state index contributed by atoms with van der Waals surface area (Å²) < 4.78 is 6.94. The average molecular weight is 409 g/mol. The van der Waals surface area contributed by atoms with Crippen molar-refractivity contribution in [2.75, 3.05) is 7.11 Å². The van der Waals surface area contributed by atoms with Gasteiger partial charge in [0, 0.05) is 18.4 Å². The Morgan fingerprint density at radius 2 is 1.83 bits per heavy atom. The maximum atomic E-state index is 12.6. The van der Waals surface area contributed by atoms with E-state index < -0.39 is 5.60 Å². The number of carbonyl (C=O) groups excluding carboxylic acids is 1. The Balaban J connectivity index is 1.45. The minimum absolute atomic E-state index is 0.107. The fourth-order valence-electron chi connectivity index (χ4n) is 4.10. The van der Waals surface area contributed by atoms with Gasteiger partial charge in [-0.05, 0) is 57.6 Å². The Bertz CT molecular complexity index is 1030. The number of ether oxygens (including phenoxy) is 1. The van der Waals surface area contributed by atoms with Crippen LogP contribution >= 0.6 is 0 Å². The molecule has 2 aromatic heterocycles. The van der Waals surface area contributed by atoms with Gasteiger partial charge in [-0.1, -0.05) is 12.1 Å². The van der Waals surface area contributed by atoms with Gasteiger partial charge in [-0.25, -0.2) is 9.97 Å². The predicted molar refractivity (Wildman–Crippen MR) is 113 cm³/mol. The molecule has 30 heavy (non-hydrogen) atoms. The molecule has 0 saturated heterocycles. The molecule has 8 heteroatoms. The van der Waals surface area contributed by atoms with Crippen molar-refractivity contribution in [1.82, 2.24) is 25.1 Å². The van der Waals surface area contributed by atoms with Crippen LogP contribution in [0.2, 0.25) is 0 Å². The quantitative estimate of drug-likeness (QED) is 0.672. The molecular formula is C22H27N5O3. The van der Waals surface area contributed by atoms with Gasteiger partial charge in [-0.15, -0.1) is 5.10 Å². The smallest absolute Gasteiger partial charge is 0.254 e. The molecule has 0 unspecified atom stereocenters. The third-order valence-corrected chi connectivity index (χ3v) is 5.90. The molecule has 8 nitrogen and oxygen atoms in total. The van der Waals surface area contributed by atoms with Crippen LogP contribution in [-0.2, 0) is 0 Å². The number of methoxy groups -OCH3 is 1. The fraction of sp³-hybridized carbons (Fsp3) is 0.455. The number of fused-ring (bicyclic) bond motifs is 1. The van der Waals surface area contributed by atoms with Crippen LogP contribution in [0.25, 0.3) is 16.9 Å². The first-order chi connectivity index (χ1) is 14.4. The Morgan fingerprint density at radius 3 is 2.47 bits per heavy atom. The molecule has 1 aliphatic carbocycles. The third kappa shape index (κ3) is 4.00. The second-order valence-electron chi connectivity index (χ2n) is 8.39. The van der Waals surface area contributed by atoms with Crippen LogP contribution in [0.3, 0.4) is 0 Å². The van der Waals surface area contributed by atoms with Crippen molar-refractivity contribution in [3.05, 3.63) is 42.2 Å². The van der Waals surface area contributed by atoms with Gasteiger partial charge in [-0.2, -0.15) is 4.68 Å². The summed E-state index contributed by atoms with van der Waals surface area (Å²) in [4.78, 5) is 21.3. The van der Waals surface area contributed by atoms with Gasteiger partial charge in [0.15, 0.2) is 0 Å². The number of aromatic nitrogens is 4. The molecule has 158 valence electrons. The molecule has 0 bridgehead atoms. The van der Waals surface area contributed by atoms with Gasteiger partial charge in [0.05, 0.1) is 29.2 Å². The average Bonchev–Trinajstić information content (AvgIpc) is 3.12. The summed E-state index contributed by atoms with van der Waals surface area (Å²) in [5.74, 6) is 0.958. The van der Waals surface area contributed by atoms with Gasteiger partial charge in [0.1, 0.15) is 0 Å². The topological polar surface area (TPSA) is 102 Å². The maximum Gasteiger partial charge on any atom is 0.254 e. The largest absolute Gasteiger partial charge is 0.479 e. The number of aliphatic hydroxyl groups is 1. The van der Waals surface area contributed by atoms with Gasteiger partial charge in [0.25, 0.3) is 11.9 Å². The van der Waals surface area contributed by atoms with E-state index in [1.807, 2.05) is 38.1 Å². The van der Waals surface area contributed by atoms with Gasteiger partial charge in [-0.3, -0.25) is 4.79 Å². The summed E-state index contributed by atoms with van der Waals surface area (Å²) >= 11 is 0. The highest BCUT2D eigenvalue weighted by molar-refractivity contribution is 5.93. The lowest BCUT2D eigenvalue weighted by molar-refractivity contribution is -0.00257. The van der Waals surface area contributed by atoms with Gasteiger partial charge >= 0.3 is 0 Å². The van der Waals surface area contributed by atoms with E-state index in [4.69, 9.17) is 4.74 Å². The normalized spacial score (nSPS) is 19.6. The summed E-state index contributed by atoms with van der Waals surface area (Å²) in [6, 6.07) is 7.77. The monoisotopic (exact) mass is 409 g/mol. The van der Waals surface area contributed by atoms with Crippen LogP contribution in [0.4, 0.5) is 0 Å². The van der Waals surface area contributed by atoms with Crippen molar-refractivity contribution in [1.29, 1.82) is 0 Å². The number of para-hydroxylation sites is 1. The Hall–Kier alpha value is -3.00. The van der Waals surface area contributed by atoms with Gasteiger partial charge < -0.3 is 15.2 Å². The SMILES string of the molecule is COc1nn(-c2ncc(C(=O)NC3CCC(C(C)(C)O)CC3)cn2)c2ccccc12. The lowest BCUT2D eigenvalue weighted by Gasteiger charge is -2.36. The van der Waals surface area contributed by atoms with E-state index in [0.717, 1.165) is 36.6 Å². The molecule has 1 aromatic carbocycles. The van der Waals surface area contributed by atoms with Crippen LogP contribution in [0, 0.1) is 5.92 Å². The number of nitrogens with zero attached hydrogens (tertiary/aromatic N) is 4.